The third-order valence-corrected chi connectivity index (χ3v) is 3.63. The van der Waals surface area contributed by atoms with Crippen LogP contribution in [0.2, 0.25) is 0 Å². The molecule has 2 N–H and O–H groups in total. The fourth-order valence-corrected chi connectivity index (χ4v) is 2.57. The Kier molecular flexibility index (Phi) is 7.37. The molecule has 1 amide bonds. The lowest BCUT2D eigenvalue weighted by molar-refractivity contribution is -0.132. The molecule has 0 aliphatic carbocycles. The summed E-state index contributed by atoms with van der Waals surface area (Å²) in [5.41, 5.74) is 7.73. The zero-order valence-corrected chi connectivity index (χ0v) is 13.8. The molecule has 0 aliphatic heterocycles. The number of nitrogens with two attached hydrogens (primary N) is 1. The van der Waals surface area contributed by atoms with Crippen LogP contribution in [0.4, 0.5) is 0 Å². The topological polar surface area (TPSA) is 59.2 Å². The Morgan fingerprint density at radius 2 is 2.10 bits per heavy atom. The van der Waals surface area contributed by atoms with Crippen molar-refractivity contribution in [2.24, 2.45) is 17.6 Å². The molecular formula is C17H29N3O. The molecule has 0 aliphatic rings. The second-order valence-electron chi connectivity index (χ2n) is 6.11. The van der Waals surface area contributed by atoms with Gasteiger partial charge in [0.2, 0.25) is 5.91 Å². The van der Waals surface area contributed by atoms with Gasteiger partial charge in [-0.15, -0.1) is 0 Å². The van der Waals surface area contributed by atoms with Gasteiger partial charge < -0.3 is 10.6 Å². The highest BCUT2D eigenvalue weighted by Crippen LogP contribution is 2.16. The lowest BCUT2D eigenvalue weighted by atomic mass is 9.94. The van der Waals surface area contributed by atoms with Crippen LogP contribution in [0.3, 0.4) is 0 Å². The Balaban J connectivity index is 2.64. The van der Waals surface area contributed by atoms with Crippen molar-refractivity contribution in [1.29, 1.82) is 0 Å². The summed E-state index contributed by atoms with van der Waals surface area (Å²) in [6, 6.07) is 5.92. The van der Waals surface area contributed by atoms with Crippen LogP contribution >= 0.6 is 0 Å². The standard InChI is InChI=1S/C17H29N3O/c1-5-20(12-16-8-6-7-14(4)19-16)17(21)10-15(11-18)9-13(2)3/h6-8,13,15H,5,9-12,18H2,1-4H3/t15-/m0/s1. The number of aryl methyl sites for hydroxylation is 1. The molecular weight excluding hydrogens is 262 g/mol. The van der Waals surface area contributed by atoms with Crippen LogP contribution in [0, 0.1) is 18.8 Å². The van der Waals surface area contributed by atoms with Crippen molar-refractivity contribution in [3.05, 3.63) is 29.6 Å². The third-order valence-electron chi connectivity index (χ3n) is 3.63. The smallest absolute Gasteiger partial charge is 0.223 e. The van der Waals surface area contributed by atoms with Gasteiger partial charge in [0.1, 0.15) is 0 Å². The predicted octanol–water partition coefficient (Wildman–Crippen LogP) is 2.75. The molecule has 1 aromatic rings. The van der Waals surface area contributed by atoms with Gasteiger partial charge in [0.05, 0.1) is 12.2 Å². The number of rotatable bonds is 8. The Labute approximate surface area is 128 Å². The first-order chi connectivity index (χ1) is 9.96. The maximum absolute atomic E-state index is 12.5. The highest BCUT2D eigenvalue weighted by molar-refractivity contribution is 5.76. The fourth-order valence-electron chi connectivity index (χ4n) is 2.57. The molecule has 0 spiro atoms. The molecule has 1 atom stereocenters. The number of hydrogen-bond donors (Lipinski definition) is 1. The summed E-state index contributed by atoms with van der Waals surface area (Å²) < 4.78 is 0. The molecule has 4 heteroatoms. The summed E-state index contributed by atoms with van der Waals surface area (Å²) in [5.74, 6) is 1.02. The molecule has 0 saturated heterocycles. The van der Waals surface area contributed by atoms with Gasteiger partial charge in [-0.25, -0.2) is 0 Å². The summed E-state index contributed by atoms with van der Waals surface area (Å²) >= 11 is 0. The molecule has 118 valence electrons. The van der Waals surface area contributed by atoms with Crippen molar-refractivity contribution in [2.45, 2.75) is 47.1 Å². The van der Waals surface area contributed by atoms with Crippen molar-refractivity contribution in [1.82, 2.24) is 9.88 Å². The van der Waals surface area contributed by atoms with Gasteiger partial charge in [-0.1, -0.05) is 19.9 Å². The maximum atomic E-state index is 12.5. The van der Waals surface area contributed by atoms with Crippen LogP contribution in [0.15, 0.2) is 18.2 Å². The lowest BCUT2D eigenvalue weighted by Crippen LogP contribution is -2.33. The van der Waals surface area contributed by atoms with E-state index in [0.717, 1.165) is 17.8 Å². The van der Waals surface area contributed by atoms with Crippen LogP contribution in [0.5, 0.6) is 0 Å². The summed E-state index contributed by atoms with van der Waals surface area (Å²) in [6.07, 6.45) is 1.54. The SMILES string of the molecule is CCN(Cc1cccc(C)n1)C(=O)C[C@@H](CN)CC(C)C. The molecule has 1 aromatic heterocycles. The number of nitrogens with zero attached hydrogens (tertiary/aromatic N) is 2. The van der Waals surface area contributed by atoms with Crippen LogP contribution in [-0.2, 0) is 11.3 Å². The number of carbonyl (C=O) groups excluding carboxylic acids is 1. The lowest BCUT2D eigenvalue weighted by Gasteiger charge is -2.24. The van der Waals surface area contributed by atoms with Gasteiger partial charge >= 0.3 is 0 Å². The molecule has 1 heterocycles. The fraction of sp³-hybridized carbons (Fsp3) is 0.647. The Bertz CT molecular complexity index is 445. The number of pyridine rings is 1. The highest BCUT2D eigenvalue weighted by Gasteiger charge is 2.19. The first-order valence-corrected chi connectivity index (χ1v) is 7.86. The van der Waals surface area contributed by atoms with Gasteiger partial charge in [0.25, 0.3) is 0 Å². The zero-order valence-electron chi connectivity index (χ0n) is 13.8. The van der Waals surface area contributed by atoms with Crippen molar-refractivity contribution in [3.63, 3.8) is 0 Å². The largest absolute Gasteiger partial charge is 0.337 e. The van der Waals surface area contributed by atoms with Gasteiger partial charge in [-0.3, -0.25) is 9.78 Å². The molecule has 0 fully saturated rings. The van der Waals surface area contributed by atoms with E-state index in [4.69, 9.17) is 5.73 Å². The van der Waals surface area contributed by atoms with E-state index in [1.54, 1.807) is 0 Å². The molecule has 4 nitrogen and oxygen atoms in total. The van der Waals surface area contributed by atoms with E-state index in [1.807, 2.05) is 36.9 Å². The average Bonchev–Trinajstić information content (AvgIpc) is 2.43. The van der Waals surface area contributed by atoms with Gasteiger partial charge in [0, 0.05) is 18.7 Å². The summed E-state index contributed by atoms with van der Waals surface area (Å²) in [4.78, 5) is 18.8. The number of aromatic nitrogens is 1. The van der Waals surface area contributed by atoms with Crippen molar-refractivity contribution < 1.29 is 4.79 Å². The van der Waals surface area contributed by atoms with E-state index >= 15 is 0 Å². The van der Waals surface area contributed by atoms with Crippen LogP contribution in [0.1, 0.15) is 45.0 Å². The van der Waals surface area contributed by atoms with E-state index < -0.39 is 0 Å². The van der Waals surface area contributed by atoms with Crippen LogP contribution in [0.25, 0.3) is 0 Å². The minimum atomic E-state index is 0.178. The second kappa shape index (κ2) is 8.78. The molecule has 0 saturated carbocycles. The van der Waals surface area contributed by atoms with E-state index in [-0.39, 0.29) is 11.8 Å². The number of amides is 1. The molecule has 21 heavy (non-hydrogen) atoms. The van der Waals surface area contributed by atoms with Crippen molar-refractivity contribution in [3.8, 4) is 0 Å². The van der Waals surface area contributed by atoms with Gasteiger partial charge in [-0.05, 0) is 50.8 Å². The Hall–Kier alpha value is -1.42. The monoisotopic (exact) mass is 291 g/mol. The quantitative estimate of drug-likeness (QED) is 0.801. The van der Waals surface area contributed by atoms with E-state index in [1.165, 1.54) is 0 Å². The van der Waals surface area contributed by atoms with E-state index in [0.29, 0.717) is 32.0 Å². The predicted molar refractivity (Wildman–Crippen MR) is 86.7 cm³/mol. The Morgan fingerprint density at radius 3 is 2.62 bits per heavy atom. The molecule has 0 unspecified atom stereocenters. The molecule has 0 aromatic carbocycles. The van der Waals surface area contributed by atoms with Crippen molar-refractivity contribution in [2.75, 3.05) is 13.1 Å². The van der Waals surface area contributed by atoms with E-state index in [9.17, 15) is 4.79 Å². The second-order valence-corrected chi connectivity index (χ2v) is 6.11. The summed E-state index contributed by atoms with van der Waals surface area (Å²) in [6.45, 7) is 10.2. The van der Waals surface area contributed by atoms with E-state index in [2.05, 4.69) is 18.8 Å². The Morgan fingerprint density at radius 1 is 1.38 bits per heavy atom. The number of carbonyl (C=O) groups is 1. The minimum absolute atomic E-state index is 0.178. The molecule has 0 radical (unpaired) electrons. The third kappa shape index (κ3) is 6.25. The van der Waals surface area contributed by atoms with Crippen LogP contribution < -0.4 is 5.73 Å². The summed E-state index contributed by atoms with van der Waals surface area (Å²) in [5, 5.41) is 0. The first-order valence-electron chi connectivity index (χ1n) is 7.86. The first kappa shape index (κ1) is 17.6. The van der Waals surface area contributed by atoms with Crippen LogP contribution in [-0.4, -0.2) is 28.9 Å². The van der Waals surface area contributed by atoms with Gasteiger partial charge in [0.15, 0.2) is 0 Å². The molecule has 0 bridgehead atoms. The minimum Gasteiger partial charge on any atom is -0.337 e. The van der Waals surface area contributed by atoms with Crippen molar-refractivity contribution >= 4 is 5.91 Å². The molecule has 1 rings (SSSR count). The zero-order chi connectivity index (χ0) is 15.8. The van der Waals surface area contributed by atoms with Gasteiger partial charge in [-0.2, -0.15) is 0 Å². The normalized spacial score (nSPS) is 12.5. The highest BCUT2D eigenvalue weighted by atomic mass is 16.2. The summed E-state index contributed by atoms with van der Waals surface area (Å²) in [7, 11) is 0. The maximum Gasteiger partial charge on any atom is 0.223 e. The average molecular weight is 291 g/mol. The number of hydrogen-bond acceptors (Lipinski definition) is 3.